The minimum Gasteiger partial charge on any atom is -0.493 e. The summed E-state index contributed by atoms with van der Waals surface area (Å²) in [5, 5.41) is 2.92. The molecule has 3 rings (SSSR count). The zero-order valence-corrected chi connectivity index (χ0v) is 13.4. The Morgan fingerprint density at radius 2 is 1.70 bits per heavy atom. The number of anilines is 1. The molecule has 0 bridgehead atoms. The number of hydrogen-bond donors (Lipinski definition) is 1. The Hall–Kier alpha value is -2.69. The maximum absolute atomic E-state index is 12.3. The molecule has 0 unspecified atom stereocenters. The molecule has 5 heteroatoms. The highest BCUT2D eigenvalue weighted by Crippen LogP contribution is 2.43. The Bertz CT molecular complexity index is 742. The van der Waals surface area contributed by atoms with E-state index < -0.39 is 0 Å². The lowest BCUT2D eigenvalue weighted by atomic mass is 9.92. The molecule has 1 aliphatic heterocycles. The Morgan fingerprint density at radius 1 is 0.957 bits per heavy atom. The monoisotopic (exact) mass is 313 g/mol. The van der Waals surface area contributed by atoms with Gasteiger partial charge in [-0.25, -0.2) is 0 Å². The summed E-state index contributed by atoms with van der Waals surface area (Å²) in [6, 6.07) is 11.5. The fraction of sp³-hybridized carbons (Fsp3) is 0.278. The van der Waals surface area contributed by atoms with Crippen LogP contribution in [0.1, 0.15) is 17.0 Å². The summed E-state index contributed by atoms with van der Waals surface area (Å²) in [5.74, 6) is 1.51. The lowest BCUT2D eigenvalue weighted by Gasteiger charge is -2.17. The molecule has 0 saturated heterocycles. The highest BCUT2D eigenvalue weighted by Gasteiger charge is 2.31. The molecule has 1 aliphatic rings. The van der Waals surface area contributed by atoms with Gasteiger partial charge in [-0.15, -0.1) is 0 Å². The normalized spacial score (nSPS) is 15.8. The highest BCUT2D eigenvalue weighted by molar-refractivity contribution is 6.03. The SMILES string of the molecule is COc1ccc(C[C@@H]2C(=O)Nc3ccccc32)c(OC)c1OC. The van der Waals surface area contributed by atoms with E-state index in [-0.39, 0.29) is 11.8 Å². The van der Waals surface area contributed by atoms with Gasteiger partial charge in [0.15, 0.2) is 11.5 Å². The number of fused-ring (bicyclic) bond motifs is 1. The summed E-state index contributed by atoms with van der Waals surface area (Å²) in [6.45, 7) is 0. The van der Waals surface area contributed by atoms with Crippen LogP contribution in [0.5, 0.6) is 17.2 Å². The maximum Gasteiger partial charge on any atom is 0.232 e. The van der Waals surface area contributed by atoms with E-state index in [4.69, 9.17) is 14.2 Å². The van der Waals surface area contributed by atoms with Crippen molar-refractivity contribution < 1.29 is 19.0 Å². The predicted octanol–water partition coefficient (Wildman–Crippen LogP) is 2.99. The first kappa shape index (κ1) is 15.2. The number of methoxy groups -OCH3 is 3. The minimum atomic E-state index is -0.238. The van der Waals surface area contributed by atoms with Crippen LogP contribution in [0.4, 0.5) is 5.69 Å². The zero-order chi connectivity index (χ0) is 16.4. The number of carbonyl (C=O) groups excluding carboxylic acids is 1. The molecule has 120 valence electrons. The number of hydrogen-bond acceptors (Lipinski definition) is 4. The molecule has 0 radical (unpaired) electrons. The molecular weight excluding hydrogens is 294 g/mol. The molecule has 0 aromatic heterocycles. The first-order valence-electron chi connectivity index (χ1n) is 7.37. The van der Waals surface area contributed by atoms with E-state index >= 15 is 0 Å². The predicted molar refractivity (Wildman–Crippen MR) is 87.6 cm³/mol. The topological polar surface area (TPSA) is 56.8 Å². The van der Waals surface area contributed by atoms with Crippen LogP contribution in [0, 0.1) is 0 Å². The molecule has 0 spiro atoms. The van der Waals surface area contributed by atoms with Crippen LogP contribution in [-0.4, -0.2) is 27.2 Å². The van der Waals surface area contributed by atoms with Crippen LogP contribution >= 0.6 is 0 Å². The van der Waals surface area contributed by atoms with E-state index in [1.807, 2.05) is 36.4 Å². The van der Waals surface area contributed by atoms with E-state index in [0.717, 1.165) is 16.8 Å². The van der Waals surface area contributed by atoms with Crippen LogP contribution in [0.3, 0.4) is 0 Å². The third kappa shape index (κ3) is 2.59. The molecule has 0 aliphatic carbocycles. The van der Waals surface area contributed by atoms with E-state index in [0.29, 0.717) is 23.7 Å². The number of rotatable bonds is 5. The van der Waals surface area contributed by atoms with Gasteiger partial charge in [-0.05, 0) is 29.7 Å². The molecule has 2 aromatic carbocycles. The molecule has 0 fully saturated rings. The number of carbonyl (C=O) groups is 1. The summed E-state index contributed by atoms with van der Waals surface area (Å²) in [4.78, 5) is 12.3. The molecule has 1 amide bonds. The van der Waals surface area contributed by atoms with Gasteiger partial charge in [-0.3, -0.25) is 4.79 Å². The average molecular weight is 313 g/mol. The smallest absolute Gasteiger partial charge is 0.232 e. The lowest BCUT2D eigenvalue weighted by molar-refractivity contribution is -0.117. The van der Waals surface area contributed by atoms with E-state index in [1.165, 1.54) is 0 Å². The average Bonchev–Trinajstić information content (AvgIpc) is 2.90. The van der Waals surface area contributed by atoms with Crippen molar-refractivity contribution in [3.63, 3.8) is 0 Å². The molecule has 1 N–H and O–H groups in total. The van der Waals surface area contributed by atoms with Crippen LogP contribution in [0.15, 0.2) is 36.4 Å². The largest absolute Gasteiger partial charge is 0.493 e. The van der Waals surface area contributed by atoms with Gasteiger partial charge in [0.05, 0.1) is 27.2 Å². The van der Waals surface area contributed by atoms with Crippen molar-refractivity contribution >= 4 is 11.6 Å². The standard InChI is InChI=1S/C18H19NO4/c1-21-15-9-8-11(16(22-2)17(15)23-3)10-13-12-6-4-5-7-14(12)19-18(13)20/h4-9,13H,10H2,1-3H3,(H,19,20)/t13-/m0/s1. The molecule has 1 heterocycles. The summed E-state index contributed by atoms with van der Waals surface area (Å²) in [6.07, 6.45) is 0.534. The van der Waals surface area contributed by atoms with Crippen molar-refractivity contribution in [3.8, 4) is 17.2 Å². The number of nitrogens with one attached hydrogen (secondary N) is 1. The van der Waals surface area contributed by atoms with E-state index in [1.54, 1.807) is 21.3 Å². The van der Waals surface area contributed by atoms with Crippen molar-refractivity contribution in [2.24, 2.45) is 0 Å². The van der Waals surface area contributed by atoms with Crippen LogP contribution in [-0.2, 0) is 11.2 Å². The summed E-state index contributed by atoms with van der Waals surface area (Å²) < 4.78 is 16.2. The van der Waals surface area contributed by atoms with Gasteiger partial charge in [-0.2, -0.15) is 0 Å². The van der Waals surface area contributed by atoms with E-state index in [9.17, 15) is 4.79 Å². The Kier molecular flexibility index (Phi) is 4.10. The van der Waals surface area contributed by atoms with Crippen molar-refractivity contribution in [2.75, 3.05) is 26.6 Å². The van der Waals surface area contributed by atoms with Gasteiger partial charge < -0.3 is 19.5 Å². The second kappa shape index (κ2) is 6.20. The van der Waals surface area contributed by atoms with Crippen LogP contribution < -0.4 is 19.5 Å². The van der Waals surface area contributed by atoms with Crippen LogP contribution in [0.2, 0.25) is 0 Å². The van der Waals surface area contributed by atoms with Crippen molar-refractivity contribution in [3.05, 3.63) is 47.5 Å². The number of amides is 1. The van der Waals surface area contributed by atoms with Gasteiger partial charge in [0, 0.05) is 5.69 Å². The molecule has 5 nitrogen and oxygen atoms in total. The summed E-state index contributed by atoms with van der Waals surface area (Å²) in [7, 11) is 4.74. The van der Waals surface area contributed by atoms with Crippen molar-refractivity contribution in [1.29, 1.82) is 0 Å². The molecule has 1 atom stereocenters. The number of ether oxygens (including phenoxy) is 3. The minimum absolute atomic E-state index is 0.00281. The zero-order valence-electron chi connectivity index (χ0n) is 13.4. The Labute approximate surface area is 135 Å². The molecular formula is C18H19NO4. The first-order chi connectivity index (χ1) is 11.2. The van der Waals surface area contributed by atoms with Gasteiger partial charge in [0.2, 0.25) is 11.7 Å². The highest BCUT2D eigenvalue weighted by atomic mass is 16.5. The Balaban J connectivity index is 1.99. The third-order valence-corrected chi connectivity index (χ3v) is 4.12. The summed E-state index contributed by atoms with van der Waals surface area (Å²) in [5.41, 5.74) is 2.79. The maximum atomic E-state index is 12.3. The summed E-state index contributed by atoms with van der Waals surface area (Å²) >= 11 is 0. The fourth-order valence-corrected chi connectivity index (χ4v) is 3.02. The second-order valence-electron chi connectivity index (χ2n) is 5.33. The quantitative estimate of drug-likeness (QED) is 0.922. The Morgan fingerprint density at radius 3 is 2.39 bits per heavy atom. The van der Waals surface area contributed by atoms with Crippen molar-refractivity contribution in [2.45, 2.75) is 12.3 Å². The van der Waals surface area contributed by atoms with Gasteiger partial charge >= 0.3 is 0 Å². The second-order valence-corrected chi connectivity index (χ2v) is 5.33. The first-order valence-corrected chi connectivity index (χ1v) is 7.37. The van der Waals surface area contributed by atoms with Crippen molar-refractivity contribution in [1.82, 2.24) is 0 Å². The third-order valence-electron chi connectivity index (χ3n) is 4.12. The molecule has 2 aromatic rings. The molecule has 0 saturated carbocycles. The number of benzene rings is 2. The van der Waals surface area contributed by atoms with Gasteiger partial charge in [0.25, 0.3) is 0 Å². The van der Waals surface area contributed by atoms with Crippen LogP contribution in [0.25, 0.3) is 0 Å². The van der Waals surface area contributed by atoms with Gasteiger partial charge in [-0.1, -0.05) is 24.3 Å². The number of para-hydroxylation sites is 1. The fourth-order valence-electron chi connectivity index (χ4n) is 3.02. The lowest BCUT2D eigenvalue weighted by Crippen LogP contribution is -2.15. The molecule has 23 heavy (non-hydrogen) atoms. The van der Waals surface area contributed by atoms with E-state index in [2.05, 4.69) is 5.32 Å². The van der Waals surface area contributed by atoms with Gasteiger partial charge in [0.1, 0.15) is 0 Å².